The molecule has 3 N–H and O–H groups in total. The maximum atomic E-state index is 12.9. The average Bonchev–Trinajstić information content (AvgIpc) is 2.87. The normalized spacial score (nSPS) is 18.8. The standard InChI is InChI=1S/C18H23BN4O5/c1-4-28-14(24)9-10-18(11(2)3)15(25)23(17(27)21-18)22-16(26)20-13-7-5-12(19)6-8-13/h5-8,11H,4,9-10H2,1-3H3,(H,21,27)(H2,20,22,26). The van der Waals surface area contributed by atoms with Crippen molar-refractivity contribution in [2.75, 3.05) is 11.9 Å². The van der Waals surface area contributed by atoms with Gasteiger partial charge in [0.25, 0.3) is 5.91 Å². The molecule has 1 fully saturated rings. The third kappa shape index (κ3) is 4.62. The molecule has 1 heterocycles. The van der Waals surface area contributed by atoms with Crippen LogP contribution < -0.4 is 21.5 Å². The van der Waals surface area contributed by atoms with E-state index in [9.17, 15) is 19.2 Å². The third-order valence-corrected chi connectivity index (χ3v) is 4.51. The summed E-state index contributed by atoms with van der Waals surface area (Å²) < 4.78 is 4.89. The highest BCUT2D eigenvalue weighted by Crippen LogP contribution is 2.30. The van der Waals surface area contributed by atoms with Crippen LogP contribution in [0.15, 0.2) is 24.3 Å². The Balaban J connectivity index is 2.07. The van der Waals surface area contributed by atoms with Gasteiger partial charge in [-0.3, -0.25) is 9.59 Å². The fourth-order valence-electron chi connectivity index (χ4n) is 2.90. The Hall–Kier alpha value is -3.04. The minimum absolute atomic E-state index is 0.0382. The van der Waals surface area contributed by atoms with Crippen molar-refractivity contribution in [1.29, 1.82) is 0 Å². The van der Waals surface area contributed by atoms with Crippen molar-refractivity contribution in [1.82, 2.24) is 15.8 Å². The first-order chi connectivity index (χ1) is 13.2. The SMILES string of the molecule is [B]c1ccc(NC(=O)NN2C(=O)NC(CCC(=O)OCC)(C(C)C)C2=O)cc1. The molecule has 9 nitrogen and oxygen atoms in total. The number of carbonyl (C=O) groups excluding carboxylic acids is 4. The van der Waals surface area contributed by atoms with E-state index in [1.807, 2.05) is 0 Å². The number of amides is 5. The fourth-order valence-corrected chi connectivity index (χ4v) is 2.90. The van der Waals surface area contributed by atoms with E-state index in [4.69, 9.17) is 12.6 Å². The maximum Gasteiger partial charge on any atom is 0.344 e. The Bertz CT molecular complexity index is 768. The molecule has 0 aliphatic carbocycles. The van der Waals surface area contributed by atoms with E-state index in [1.165, 1.54) is 0 Å². The van der Waals surface area contributed by atoms with E-state index >= 15 is 0 Å². The van der Waals surface area contributed by atoms with Gasteiger partial charge in [-0.05, 0) is 31.4 Å². The van der Waals surface area contributed by atoms with Crippen LogP contribution in [-0.4, -0.2) is 48.9 Å². The second kappa shape index (κ2) is 8.77. The number of esters is 1. The predicted octanol–water partition coefficient (Wildman–Crippen LogP) is 0.807. The van der Waals surface area contributed by atoms with Gasteiger partial charge in [0.05, 0.1) is 6.61 Å². The number of rotatable bonds is 7. The van der Waals surface area contributed by atoms with Crippen LogP contribution in [0.4, 0.5) is 15.3 Å². The summed E-state index contributed by atoms with van der Waals surface area (Å²) in [5.74, 6) is -1.41. The molecular weight excluding hydrogens is 363 g/mol. The Labute approximate surface area is 164 Å². The van der Waals surface area contributed by atoms with E-state index in [2.05, 4.69) is 16.1 Å². The van der Waals surface area contributed by atoms with Gasteiger partial charge in [-0.2, -0.15) is 5.01 Å². The summed E-state index contributed by atoms with van der Waals surface area (Å²) >= 11 is 0. The van der Waals surface area contributed by atoms with Crippen molar-refractivity contribution in [2.24, 2.45) is 5.92 Å². The molecule has 0 saturated carbocycles. The maximum absolute atomic E-state index is 12.9. The van der Waals surface area contributed by atoms with Crippen molar-refractivity contribution in [3.05, 3.63) is 24.3 Å². The summed E-state index contributed by atoms with van der Waals surface area (Å²) in [7, 11) is 5.59. The van der Waals surface area contributed by atoms with Crippen molar-refractivity contribution < 1.29 is 23.9 Å². The lowest BCUT2D eigenvalue weighted by atomic mass is 9.82. The van der Waals surface area contributed by atoms with Crippen LogP contribution in [0.1, 0.15) is 33.6 Å². The van der Waals surface area contributed by atoms with Crippen LogP contribution in [-0.2, 0) is 14.3 Å². The molecular formula is C18H23BN4O5. The molecule has 1 aliphatic heterocycles. The molecule has 1 aliphatic rings. The number of nitrogens with one attached hydrogen (secondary N) is 3. The topological polar surface area (TPSA) is 117 Å². The number of nitrogens with zero attached hydrogens (tertiary/aromatic N) is 1. The summed E-state index contributed by atoms with van der Waals surface area (Å²) in [5, 5.41) is 5.74. The van der Waals surface area contributed by atoms with Crippen LogP contribution in [0.25, 0.3) is 0 Å². The zero-order chi connectivity index (χ0) is 20.9. The highest BCUT2D eigenvalue weighted by molar-refractivity contribution is 6.32. The third-order valence-electron chi connectivity index (χ3n) is 4.51. The lowest BCUT2D eigenvalue weighted by Crippen LogP contribution is -2.53. The van der Waals surface area contributed by atoms with Gasteiger partial charge in [-0.25, -0.2) is 15.0 Å². The summed E-state index contributed by atoms with van der Waals surface area (Å²) in [6, 6.07) is 4.83. The van der Waals surface area contributed by atoms with Gasteiger partial charge < -0.3 is 15.4 Å². The second-order valence-corrected chi connectivity index (χ2v) is 6.69. The van der Waals surface area contributed by atoms with E-state index in [1.54, 1.807) is 45.0 Å². The van der Waals surface area contributed by atoms with E-state index < -0.39 is 29.5 Å². The van der Waals surface area contributed by atoms with Crippen LogP contribution in [0.3, 0.4) is 0 Å². The molecule has 10 heteroatoms. The number of benzene rings is 1. The first-order valence-corrected chi connectivity index (χ1v) is 8.95. The lowest BCUT2D eigenvalue weighted by molar-refractivity contribution is -0.144. The van der Waals surface area contributed by atoms with Crippen LogP contribution >= 0.6 is 0 Å². The molecule has 5 amide bonds. The number of hydrogen-bond acceptors (Lipinski definition) is 5. The number of anilines is 1. The predicted molar refractivity (Wildman–Crippen MR) is 103 cm³/mol. The summed E-state index contributed by atoms with van der Waals surface area (Å²) in [6.07, 6.45) is 0.0232. The van der Waals surface area contributed by atoms with E-state index in [-0.39, 0.29) is 25.4 Å². The quantitative estimate of drug-likeness (QED) is 0.364. The fraction of sp³-hybridized carbons (Fsp3) is 0.444. The Morgan fingerprint density at radius 3 is 2.46 bits per heavy atom. The van der Waals surface area contributed by atoms with Crippen molar-refractivity contribution in [3.8, 4) is 0 Å². The average molecular weight is 386 g/mol. The zero-order valence-electron chi connectivity index (χ0n) is 16.1. The van der Waals surface area contributed by atoms with Gasteiger partial charge in [-0.1, -0.05) is 31.4 Å². The summed E-state index contributed by atoms with van der Waals surface area (Å²) in [5.41, 5.74) is 1.90. The van der Waals surface area contributed by atoms with E-state index in [0.717, 1.165) is 0 Å². The molecule has 0 spiro atoms. The smallest absolute Gasteiger partial charge is 0.344 e. The number of carbonyl (C=O) groups is 4. The molecule has 2 rings (SSSR count). The molecule has 1 unspecified atom stereocenters. The summed E-state index contributed by atoms with van der Waals surface area (Å²) in [4.78, 5) is 49.1. The number of hydrazine groups is 1. The first-order valence-electron chi connectivity index (χ1n) is 8.95. The van der Waals surface area contributed by atoms with E-state index in [0.29, 0.717) is 16.2 Å². The molecule has 2 radical (unpaired) electrons. The van der Waals surface area contributed by atoms with Gasteiger partial charge >= 0.3 is 18.0 Å². The number of ether oxygens (including phenoxy) is 1. The Morgan fingerprint density at radius 2 is 1.89 bits per heavy atom. The van der Waals surface area contributed by atoms with Crippen molar-refractivity contribution in [3.63, 3.8) is 0 Å². The first kappa shape index (κ1) is 21.3. The highest BCUT2D eigenvalue weighted by atomic mass is 16.5. The van der Waals surface area contributed by atoms with Gasteiger partial charge in [-0.15, -0.1) is 0 Å². The van der Waals surface area contributed by atoms with Crippen LogP contribution in [0.2, 0.25) is 0 Å². The minimum Gasteiger partial charge on any atom is -0.466 e. The molecule has 0 aromatic heterocycles. The number of urea groups is 2. The molecule has 148 valence electrons. The second-order valence-electron chi connectivity index (χ2n) is 6.69. The molecule has 0 bridgehead atoms. The van der Waals surface area contributed by atoms with Gasteiger partial charge in [0, 0.05) is 12.1 Å². The Kier molecular flexibility index (Phi) is 6.66. The van der Waals surface area contributed by atoms with Gasteiger partial charge in [0.2, 0.25) is 0 Å². The molecule has 28 heavy (non-hydrogen) atoms. The largest absolute Gasteiger partial charge is 0.466 e. The zero-order valence-corrected chi connectivity index (χ0v) is 16.1. The monoisotopic (exact) mass is 386 g/mol. The number of hydrogen-bond donors (Lipinski definition) is 3. The van der Waals surface area contributed by atoms with Crippen LogP contribution in [0.5, 0.6) is 0 Å². The molecule has 1 saturated heterocycles. The van der Waals surface area contributed by atoms with Crippen LogP contribution in [0, 0.1) is 5.92 Å². The van der Waals surface area contributed by atoms with Crippen molar-refractivity contribution >= 4 is 42.9 Å². The minimum atomic E-state index is -1.31. The van der Waals surface area contributed by atoms with Gasteiger partial charge in [0.15, 0.2) is 0 Å². The number of imide groups is 1. The Morgan fingerprint density at radius 1 is 1.25 bits per heavy atom. The van der Waals surface area contributed by atoms with Gasteiger partial charge in [0.1, 0.15) is 13.4 Å². The molecule has 1 aromatic carbocycles. The summed E-state index contributed by atoms with van der Waals surface area (Å²) in [6.45, 7) is 5.42. The van der Waals surface area contributed by atoms with Crippen molar-refractivity contribution in [2.45, 2.75) is 39.2 Å². The molecule has 1 atom stereocenters. The lowest BCUT2D eigenvalue weighted by Gasteiger charge is -2.30. The molecule has 1 aromatic rings. The highest BCUT2D eigenvalue weighted by Gasteiger charge is 2.54.